The van der Waals surface area contributed by atoms with Crippen LogP contribution in [0.25, 0.3) is 5.65 Å². The van der Waals surface area contributed by atoms with Crippen LogP contribution in [0.3, 0.4) is 0 Å². The lowest BCUT2D eigenvalue weighted by atomic mass is 10.2. The second-order valence-electron chi connectivity index (χ2n) is 4.70. The zero-order valence-corrected chi connectivity index (χ0v) is 11.7. The average Bonchev–Trinajstić information content (AvgIpc) is 2.83. The Balaban J connectivity index is 2.36. The summed E-state index contributed by atoms with van der Waals surface area (Å²) in [6.45, 7) is 3.65. The molecular weight excluding hydrogens is 258 g/mol. The van der Waals surface area contributed by atoms with Crippen molar-refractivity contribution >= 4 is 17.5 Å². The van der Waals surface area contributed by atoms with Gasteiger partial charge in [0.1, 0.15) is 17.4 Å². The number of pyridine rings is 1. The maximum Gasteiger partial charge on any atom is 0.326 e. The van der Waals surface area contributed by atoms with Gasteiger partial charge in [-0.25, -0.2) is 9.78 Å². The number of hydrogen-bond donors (Lipinski definition) is 1. The molecule has 20 heavy (non-hydrogen) atoms. The highest BCUT2D eigenvalue weighted by Crippen LogP contribution is 2.12. The zero-order chi connectivity index (χ0) is 14.9. The van der Waals surface area contributed by atoms with Crippen LogP contribution in [0.4, 0.5) is 0 Å². The molecule has 0 aliphatic heterocycles. The molecule has 2 aromatic rings. The second-order valence-corrected chi connectivity index (χ2v) is 4.70. The van der Waals surface area contributed by atoms with Gasteiger partial charge in [0.15, 0.2) is 0 Å². The van der Waals surface area contributed by atoms with Crippen LogP contribution in [-0.4, -0.2) is 44.4 Å². The van der Waals surface area contributed by atoms with Crippen LogP contribution in [0.2, 0.25) is 0 Å². The first-order valence-electron chi connectivity index (χ1n) is 6.40. The molecule has 0 aliphatic rings. The molecule has 6 heteroatoms. The lowest BCUT2D eigenvalue weighted by molar-refractivity contribution is -0.142. The Morgan fingerprint density at radius 3 is 2.70 bits per heavy atom. The van der Waals surface area contributed by atoms with Gasteiger partial charge in [0.2, 0.25) is 0 Å². The van der Waals surface area contributed by atoms with E-state index in [0.717, 1.165) is 5.69 Å². The third kappa shape index (κ3) is 2.36. The van der Waals surface area contributed by atoms with Gasteiger partial charge in [-0.1, -0.05) is 13.0 Å². The molecule has 0 fully saturated rings. The predicted molar refractivity (Wildman–Crippen MR) is 73.7 cm³/mol. The molecule has 0 bridgehead atoms. The Morgan fingerprint density at radius 2 is 2.15 bits per heavy atom. The van der Waals surface area contributed by atoms with Crippen LogP contribution < -0.4 is 0 Å². The van der Waals surface area contributed by atoms with E-state index in [1.54, 1.807) is 19.2 Å². The molecule has 0 aromatic carbocycles. The number of aromatic nitrogens is 2. The van der Waals surface area contributed by atoms with E-state index in [2.05, 4.69) is 4.98 Å². The number of amides is 1. The fraction of sp³-hybridized carbons (Fsp3) is 0.357. The Hall–Kier alpha value is -2.37. The number of rotatable bonds is 4. The SMILES string of the molecule is CCC(C(=O)O)N(C)C(=O)c1cn2c(C)cccc2n1. The molecule has 0 saturated heterocycles. The van der Waals surface area contributed by atoms with Gasteiger partial charge in [0.25, 0.3) is 5.91 Å². The van der Waals surface area contributed by atoms with Gasteiger partial charge in [-0.05, 0) is 25.5 Å². The van der Waals surface area contributed by atoms with Gasteiger partial charge in [-0.2, -0.15) is 0 Å². The molecule has 0 spiro atoms. The lowest BCUT2D eigenvalue weighted by Crippen LogP contribution is -2.42. The van der Waals surface area contributed by atoms with Crippen LogP contribution in [0, 0.1) is 6.92 Å². The van der Waals surface area contributed by atoms with Crippen LogP contribution in [0.5, 0.6) is 0 Å². The number of carbonyl (C=O) groups excluding carboxylic acids is 1. The van der Waals surface area contributed by atoms with Gasteiger partial charge >= 0.3 is 5.97 Å². The van der Waals surface area contributed by atoms with Gasteiger partial charge in [0, 0.05) is 18.9 Å². The number of aryl methyl sites for hydroxylation is 1. The van der Waals surface area contributed by atoms with Crippen molar-refractivity contribution in [3.63, 3.8) is 0 Å². The van der Waals surface area contributed by atoms with Crippen molar-refractivity contribution in [3.05, 3.63) is 35.8 Å². The molecule has 106 valence electrons. The molecule has 0 saturated carbocycles. The Labute approximate surface area is 116 Å². The van der Waals surface area contributed by atoms with Crippen molar-refractivity contribution in [1.29, 1.82) is 0 Å². The van der Waals surface area contributed by atoms with E-state index in [1.165, 1.54) is 11.9 Å². The van der Waals surface area contributed by atoms with Crippen LogP contribution >= 0.6 is 0 Å². The second kappa shape index (κ2) is 5.32. The summed E-state index contributed by atoms with van der Waals surface area (Å²) >= 11 is 0. The fourth-order valence-corrected chi connectivity index (χ4v) is 2.19. The molecule has 1 unspecified atom stereocenters. The van der Waals surface area contributed by atoms with E-state index in [-0.39, 0.29) is 11.6 Å². The summed E-state index contributed by atoms with van der Waals surface area (Å²) < 4.78 is 1.81. The molecule has 0 radical (unpaired) electrons. The number of carboxylic acids is 1. The van der Waals surface area contributed by atoms with Crippen molar-refractivity contribution in [2.24, 2.45) is 0 Å². The van der Waals surface area contributed by atoms with E-state index in [1.807, 2.05) is 23.5 Å². The first-order chi connectivity index (χ1) is 9.45. The summed E-state index contributed by atoms with van der Waals surface area (Å²) in [6, 6.07) is 4.74. The monoisotopic (exact) mass is 275 g/mol. The molecule has 0 aliphatic carbocycles. The maximum atomic E-state index is 12.3. The fourth-order valence-electron chi connectivity index (χ4n) is 2.19. The third-order valence-corrected chi connectivity index (χ3v) is 3.37. The Kier molecular flexibility index (Phi) is 3.74. The topological polar surface area (TPSA) is 74.9 Å². The highest BCUT2D eigenvalue weighted by Gasteiger charge is 2.27. The predicted octanol–water partition coefficient (Wildman–Crippen LogP) is 1.58. The van der Waals surface area contributed by atoms with Crippen LogP contribution in [0.15, 0.2) is 24.4 Å². The lowest BCUT2D eigenvalue weighted by Gasteiger charge is -2.22. The summed E-state index contributed by atoms with van der Waals surface area (Å²) in [4.78, 5) is 28.9. The summed E-state index contributed by atoms with van der Waals surface area (Å²) in [6.07, 6.45) is 1.99. The van der Waals surface area contributed by atoms with Gasteiger partial charge in [-0.15, -0.1) is 0 Å². The quantitative estimate of drug-likeness (QED) is 0.919. The molecule has 1 amide bonds. The average molecular weight is 275 g/mol. The highest BCUT2D eigenvalue weighted by atomic mass is 16.4. The molecule has 2 aromatic heterocycles. The number of likely N-dealkylation sites (N-methyl/N-ethyl adjacent to an activating group) is 1. The molecule has 1 atom stereocenters. The van der Waals surface area contributed by atoms with Crippen LogP contribution in [0.1, 0.15) is 29.5 Å². The third-order valence-electron chi connectivity index (χ3n) is 3.37. The first-order valence-corrected chi connectivity index (χ1v) is 6.40. The first kappa shape index (κ1) is 14.0. The summed E-state index contributed by atoms with van der Waals surface area (Å²) in [5, 5.41) is 9.10. The molecule has 2 heterocycles. The maximum absolute atomic E-state index is 12.3. The van der Waals surface area contributed by atoms with Crippen LogP contribution in [-0.2, 0) is 4.79 Å². The standard InChI is InChI=1S/C14H17N3O3/c1-4-11(14(19)20)16(3)13(18)10-8-17-9(2)6-5-7-12(17)15-10/h5-8,11H,4H2,1-3H3,(H,19,20). The molecule has 2 rings (SSSR count). The van der Waals surface area contributed by atoms with Crippen molar-refractivity contribution in [2.75, 3.05) is 7.05 Å². The Morgan fingerprint density at radius 1 is 1.45 bits per heavy atom. The number of fused-ring (bicyclic) bond motifs is 1. The molecule has 6 nitrogen and oxygen atoms in total. The number of nitrogens with zero attached hydrogens (tertiary/aromatic N) is 3. The minimum atomic E-state index is -1.01. The number of carbonyl (C=O) groups is 2. The van der Waals surface area contributed by atoms with Crippen molar-refractivity contribution in [1.82, 2.24) is 14.3 Å². The minimum Gasteiger partial charge on any atom is -0.480 e. The number of hydrogen-bond acceptors (Lipinski definition) is 3. The highest BCUT2D eigenvalue weighted by molar-refractivity contribution is 5.95. The Bertz CT molecular complexity index is 663. The number of imidazole rings is 1. The smallest absolute Gasteiger partial charge is 0.326 e. The van der Waals surface area contributed by atoms with E-state index in [9.17, 15) is 9.59 Å². The summed E-state index contributed by atoms with van der Waals surface area (Å²) in [5.41, 5.74) is 1.88. The van der Waals surface area contributed by atoms with Crippen molar-refractivity contribution in [3.8, 4) is 0 Å². The summed E-state index contributed by atoms with van der Waals surface area (Å²) in [5.74, 6) is -1.40. The van der Waals surface area contributed by atoms with E-state index in [4.69, 9.17) is 5.11 Å². The van der Waals surface area contributed by atoms with Crippen molar-refractivity contribution < 1.29 is 14.7 Å². The molecular formula is C14H17N3O3. The largest absolute Gasteiger partial charge is 0.480 e. The van der Waals surface area contributed by atoms with Crippen molar-refractivity contribution in [2.45, 2.75) is 26.3 Å². The van der Waals surface area contributed by atoms with Gasteiger partial charge < -0.3 is 14.4 Å². The zero-order valence-electron chi connectivity index (χ0n) is 11.7. The number of carboxylic acid groups (broad SMARTS) is 1. The minimum absolute atomic E-state index is 0.251. The normalized spacial score (nSPS) is 12.3. The van der Waals surface area contributed by atoms with E-state index in [0.29, 0.717) is 12.1 Å². The van der Waals surface area contributed by atoms with E-state index < -0.39 is 12.0 Å². The summed E-state index contributed by atoms with van der Waals surface area (Å²) in [7, 11) is 1.49. The number of aliphatic carboxylic acids is 1. The van der Waals surface area contributed by atoms with Gasteiger partial charge in [0.05, 0.1) is 0 Å². The molecule has 1 N–H and O–H groups in total. The van der Waals surface area contributed by atoms with E-state index >= 15 is 0 Å². The van der Waals surface area contributed by atoms with Gasteiger partial charge in [-0.3, -0.25) is 4.79 Å².